The highest BCUT2D eigenvalue weighted by atomic mass is 16.1. The van der Waals surface area contributed by atoms with E-state index in [9.17, 15) is 4.79 Å². The first-order valence-corrected chi connectivity index (χ1v) is 7.12. The first-order valence-electron chi connectivity index (χ1n) is 7.12. The Bertz CT molecular complexity index is 396. The first kappa shape index (κ1) is 14.1. The van der Waals surface area contributed by atoms with Crippen LogP contribution in [0.4, 0.5) is 0 Å². The molecule has 1 saturated carbocycles. The molecule has 1 fully saturated rings. The Hall–Kier alpha value is -1.36. The summed E-state index contributed by atoms with van der Waals surface area (Å²) in [6.07, 6.45) is 10.0. The molecule has 1 atom stereocenters. The third-order valence-electron chi connectivity index (χ3n) is 4.24. The molecule has 0 spiro atoms. The van der Waals surface area contributed by atoms with E-state index in [-0.39, 0.29) is 17.5 Å². The Morgan fingerprint density at radius 1 is 1.47 bits per heavy atom. The fraction of sp³-hybridized carbons (Fsp3) is 0.714. The summed E-state index contributed by atoms with van der Waals surface area (Å²) in [5.41, 5.74) is 1.01. The van der Waals surface area contributed by atoms with Crippen molar-refractivity contribution in [2.24, 2.45) is 0 Å². The predicted molar refractivity (Wildman–Crippen MR) is 74.6 cm³/mol. The number of amides is 1. The van der Waals surface area contributed by atoms with Crippen molar-refractivity contribution in [3.8, 4) is 0 Å². The Labute approximate surface area is 114 Å². The summed E-state index contributed by atoms with van der Waals surface area (Å²) in [7, 11) is 1.97. The molecule has 5 heteroatoms. The van der Waals surface area contributed by atoms with Crippen LogP contribution in [0.25, 0.3) is 0 Å². The fourth-order valence-corrected chi connectivity index (χ4v) is 2.92. The molecule has 1 aromatic rings. The normalized spacial score (nSPS) is 19.9. The molecule has 0 radical (unpaired) electrons. The van der Waals surface area contributed by atoms with E-state index in [0.717, 1.165) is 18.4 Å². The van der Waals surface area contributed by atoms with E-state index in [1.165, 1.54) is 19.3 Å². The number of aromatic nitrogens is 2. The molecule has 3 N–H and O–H groups in total. The van der Waals surface area contributed by atoms with Crippen molar-refractivity contribution in [3.63, 3.8) is 0 Å². The monoisotopic (exact) mass is 264 g/mol. The van der Waals surface area contributed by atoms with Gasteiger partial charge in [-0.1, -0.05) is 19.3 Å². The second kappa shape index (κ2) is 6.19. The van der Waals surface area contributed by atoms with Gasteiger partial charge < -0.3 is 10.6 Å². The van der Waals surface area contributed by atoms with Crippen molar-refractivity contribution >= 4 is 5.91 Å². The second-order valence-electron chi connectivity index (χ2n) is 5.59. The lowest BCUT2D eigenvalue weighted by molar-refractivity contribution is -0.123. The Balaban J connectivity index is 1.89. The highest BCUT2D eigenvalue weighted by molar-refractivity contribution is 5.77. The van der Waals surface area contributed by atoms with E-state index in [1.807, 2.05) is 20.2 Å². The average molecular weight is 264 g/mol. The number of carbonyl (C=O) groups excluding carboxylic acids is 1. The molecule has 1 aliphatic rings. The van der Waals surface area contributed by atoms with Gasteiger partial charge in [-0.05, 0) is 26.8 Å². The molecule has 0 bridgehead atoms. The van der Waals surface area contributed by atoms with Crippen molar-refractivity contribution in [3.05, 3.63) is 18.0 Å². The maximum atomic E-state index is 12.2. The molecule has 19 heavy (non-hydrogen) atoms. The van der Waals surface area contributed by atoms with Gasteiger partial charge in [0.2, 0.25) is 5.91 Å². The lowest BCUT2D eigenvalue weighted by Crippen LogP contribution is -2.48. The maximum absolute atomic E-state index is 12.2. The van der Waals surface area contributed by atoms with E-state index in [2.05, 4.69) is 20.8 Å². The lowest BCUT2D eigenvalue weighted by Gasteiger charge is -2.37. The van der Waals surface area contributed by atoms with Crippen LogP contribution in [0.15, 0.2) is 12.4 Å². The molecule has 1 heterocycles. The molecule has 0 saturated heterocycles. The molecule has 0 aromatic carbocycles. The minimum absolute atomic E-state index is 0.00154. The number of H-pyrrole nitrogens is 1. The SMILES string of the molecule is CNC1(CC(=O)NC(C)c2cn[nH]c2)CCCCC1. The van der Waals surface area contributed by atoms with Crippen LogP contribution >= 0.6 is 0 Å². The largest absolute Gasteiger partial charge is 0.349 e. The number of nitrogens with one attached hydrogen (secondary N) is 3. The van der Waals surface area contributed by atoms with Crippen LogP contribution in [0.3, 0.4) is 0 Å². The van der Waals surface area contributed by atoms with Crippen LogP contribution in [0.1, 0.15) is 57.1 Å². The molecule has 1 unspecified atom stereocenters. The number of carbonyl (C=O) groups is 1. The number of nitrogens with zero attached hydrogens (tertiary/aromatic N) is 1. The highest BCUT2D eigenvalue weighted by Gasteiger charge is 2.32. The maximum Gasteiger partial charge on any atom is 0.222 e. The van der Waals surface area contributed by atoms with E-state index >= 15 is 0 Å². The molecule has 2 rings (SSSR count). The van der Waals surface area contributed by atoms with E-state index < -0.39 is 0 Å². The van der Waals surface area contributed by atoms with Crippen molar-refractivity contribution in [1.29, 1.82) is 0 Å². The van der Waals surface area contributed by atoms with Crippen molar-refractivity contribution in [1.82, 2.24) is 20.8 Å². The number of hydrogen-bond donors (Lipinski definition) is 3. The third kappa shape index (κ3) is 3.56. The zero-order valence-corrected chi connectivity index (χ0v) is 11.8. The summed E-state index contributed by atoms with van der Waals surface area (Å²) in [6, 6.07) is 0.00347. The standard InChI is InChI=1S/C14H24N4O/c1-11(12-9-16-17-10-12)18-13(19)8-14(15-2)6-4-3-5-7-14/h9-11,15H,3-8H2,1-2H3,(H,16,17)(H,18,19). The van der Waals surface area contributed by atoms with Gasteiger partial charge in [0.25, 0.3) is 0 Å². The zero-order chi connectivity index (χ0) is 13.7. The summed E-state index contributed by atoms with van der Waals surface area (Å²) in [6.45, 7) is 1.98. The number of rotatable bonds is 5. The van der Waals surface area contributed by atoms with Gasteiger partial charge in [0, 0.05) is 23.7 Å². The Kier molecular flexibility index (Phi) is 4.58. The minimum atomic E-state index is -0.00154. The van der Waals surface area contributed by atoms with Gasteiger partial charge in [-0.15, -0.1) is 0 Å². The fourth-order valence-electron chi connectivity index (χ4n) is 2.92. The lowest BCUT2D eigenvalue weighted by atomic mass is 9.79. The Morgan fingerprint density at radius 2 is 2.21 bits per heavy atom. The Morgan fingerprint density at radius 3 is 2.79 bits per heavy atom. The summed E-state index contributed by atoms with van der Waals surface area (Å²) in [5.74, 6) is 0.116. The molecular formula is C14H24N4O. The van der Waals surface area contributed by atoms with E-state index in [4.69, 9.17) is 0 Å². The van der Waals surface area contributed by atoms with Crippen LogP contribution in [-0.4, -0.2) is 28.7 Å². The van der Waals surface area contributed by atoms with Gasteiger partial charge in [0.1, 0.15) is 0 Å². The minimum Gasteiger partial charge on any atom is -0.349 e. The molecule has 5 nitrogen and oxygen atoms in total. The van der Waals surface area contributed by atoms with Gasteiger partial charge in [0.15, 0.2) is 0 Å². The van der Waals surface area contributed by atoms with Gasteiger partial charge in [-0.3, -0.25) is 9.89 Å². The molecule has 0 aliphatic heterocycles. The molecule has 1 aliphatic carbocycles. The second-order valence-corrected chi connectivity index (χ2v) is 5.59. The zero-order valence-electron chi connectivity index (χ0n) is 11.8. The number of hydrogen-bond acceptors (Lipinski definition) is 3. The van der Waals surface area contributed by atoms with E-state index in [1.54, 1.807) is 6.20 Å². The van der Waals surface area contributed by atoms with Crippen LogP contribution in [-0.2, 0) is 4.79 Å². The summed E-state index contributed by atoms with van der Waals surface area (Å²) < 4.78 is 0. The van der Waals surface area contributed by atoms with Gasteiger partial charge >= 0.3 is 0 Å². The van der Waals surface area contributed by atoms with Crippen LogP contribution in [0, 0.1) is 0 Å². The topological polar surface area (TPSA) is 69.8 Å². The smallest absolute Gasteiger partial charge is 0.222 e. The predicted octanol–water partition coefficient (Wildman–Crippen LogP) is 1.90. The van der Waals surface area contributed by atoms with Gasteiger partial charge in [0.05, 0.1) is 12.2 Å². The molecule has 106 valence electrons. The summed E-state index contributed by atoms with van der Waals surface area (Å²) in [4.78, 5) is 12.2. The van der Waals surface area contributed by atoms with Gasteiger partial charge in [-0.25, -0.2) is 0 Å². The average Bonchev–Trinajstić information content (AvgIpc) is 2.93. The van der Waals surface area contributed by atoms with Crippen LogP contribution in [0.5, 0.6) is 0 Å². The van der Waals surface area contributed by atoms with E-state index in [0.29, 0.717) is 6.42 Å². The third-order valence-corrected chi connectivity index (χ3v) is 4.24. The summed E-state index contributed by atoms with van der Waals surface area (Å²) >= 11 is 0. The number of aromatic amines is 1. The van der Waals surface area contributed by atoms with Crippen molar-refractivity contribution in [2.75, 3.05) is 7.05 Å². The van der Waals surface area contributed by atoms with Crippen LogP contribution < -0.4 is 10.6 Å². The van der Waals surface area contributed by atoms with Crippen molar-refractivity contribution < 1.29 is 4.79 Å². The quantitative estimate of drug-likeness (QED) is 0.760. The molecule has 1 amide bonds. The first-order chi connectivity index (χ1) is 9.15. The molecular weight excluding hydrogens is 240 g/mol. The molecule has 1 aromatic heterocycles. The van der Waals surface area contributed by atoms with Crippen molar-refractivity contribution in [2.45, 2.75) is 57.0 Å². The highest BCUT2D eigenvalue weighted by Crippen LogP contribution is 2.30. The summed E-state index contributed by atoms with van der Waals surface area (Å²) in [5, 5.41) is 13.1. The van der Waals surface area contributed by atoms with Crippen LogP contribution in [0.2, 0.25) is 0 Å². The van der Waals surface area contributed by atoms with Gasteiger partial charge in [-0.2, -0.15) is 5.10 Å².